The molecule has 35 heavy (non-hydrogen) atoms. The standard InChI is InChI=1S/C25H37N5O3.2ClH/c26-24(27)20-6-8-21(9-7-20)28-14-16-30(17-15-28)25(32)29-12-10-19(11-13-29)18-23(31)33-22-4-2-1-3-5-22;;/h6-9,19,22H,1-5,10-18H2,(H3,26,27);2*1H. The van der Waals surface area contributed by atoms with E-state index in [1.54, 1.807) is 0 Å². The molecule has 1 aromatic carbocycles. The van der Waals surface area contributed by atoms with Crippen LogP contribution in [0.4, 0.5) is 10.5 Å². The number of ether oxygens (including phenoxy) is 1. The molecule has 2 amide bonds. The lowest BCUT2D eigenvalue weighted by molar-refractivity contribution is -0.152. The monoisotopic (exact) mass is 527 g/mol. The minimum Gasteiger partial charge on any atom is -0.462 e. The van der Waals surface area contributed by atoms with Crippen molar-refractivity contribution in [1.29, 1.82) is 5.41 Å². The number of nitrogens with two attached hydrogens (primary N) is 1. The van der Waals surface area contributed by atoms with Crippen molar-refractivity contribution in [3.05, 3.63) is 29.8 Å². The molecule has 3 N–H and O–H groups in total. The number of anilines is 1. The molecular formula is C25H39Cl2N5O3. The molecule has 2 saturated heterocycles. The van der Waals surface area contributed by atoms with Gasteiger partial charge in [0.05, 0.1) is 0 Å². The fraction of sp³-hybridized carbons (Fsp3) is 0.640. The quantitative estimate of drug-likeness (QED) is 0.341. The van der Waals surface area contributed by atoms with Gasteiger partial charge in [0.2, 0.25) is 0 Å². The third kappa shape index (κ3) is 7.90. The molecule has 2 aliphatic heterocycles. The molecule has 0 aromatic heterocycles. The smallest absolute Gasteiger partial charge is 0.320 e. The van der Waals surface area contributed by atoms with Crippen LogP contribution in [0.2, 0.25) is 0 Å². The molecule has 10 heteroatoms. The van der Waals surface area contributed by atoms with Gasteiger partial charge in [-0.3, -0.25) is 10.2 Å². The number of rotatable bonds is 5. The number of amides is 2. The van der Waals surface area contributed by atoms with Crippen LogP contribution < -0.4 is 10.6 Å². The van der Waals surface area contributed by atoms with Gasteiger partial charge in [0.1, 0.15) is 11.9 Å². The zero-order chi connectivity index (χ0) is 23.2. The Morgan fingerprint density at radius 1 is 0.857 bits per heavy atom. The third-order valence-corrected chi connectivity index (χ3v) is 7.28. The fourth-order valence-electron chi connectivity index (χ4n) is 5.19. The van der Waals surface area contributed by atoms with Gasteiger partial charge in [0.25, 0.3) is 0 Å². The molecule has 2 heterocycles. The number of amidine groups is 1. The summed E-state index contributed by atoms with van der Waals surface area (Å²) in [6, 6.07) is 7.82. The number of nitrogens with one attached hydrogen (secondary N) is 1. The summed E-state index contributed by atoms with van der Waals surface area (Å²) in [6.45, 7) is 4.39. The van der Waals surface area contributed by atoms with Crippen LogP contribution >= 0.6 is 24.8 Å². The van der Waals surface area contributed by atoms with Crippen molar-refractivity contribution < 1.29 is 14.3 Å². The van der Waals surface area contributed by atoms with Crippen molar-refractivity contribution in [1.82, 2.24) is 9.80 Å². The second-order valence-corrected chi connectivity index (χ2v) is 9.60. The first-order valence-corrected chi connectivity index (χ1v) is 12.4. The number of esters is 1. The van der Waals surface area contributed by atoms with Gasteiger partial charge in [-0.1, -0.05) is 6.42 Å². The number of urea groups is 1. The number of piperazine rings is 1. The summed E-state index contributed by atoms with van der Waals surface area (Å²) in [5.41, 5.74) is 7.34. The zero-order valence-electron chi connectivity index (χ0n) is 20.3. The summed E-state index contributed by atoms with van der Waals surface area (Å²) in [5.74, 6) is 0.334. The normalized spacial score (nSPS) is 19.4. The van der Waals surface area contributed by atoms with Gasteiger partial charge in [-0.15, -0.1) is 24.8 Å². The largest absolute Gasteiger partial charge is 0.462 e. The highest BCUT2D eigenvalue weighted by atomic mass is 35.5. The molecule has 1 aromatic rings. The second-order valence-electron chi connectivity index (χ2n) is 9.60. The van der Waals surface area contributed by atoms with E-state index in [2.05, 4.69) is 4.90 Å². The Balaban J connectivity index is 0.00000216. The predicted octanol–water partition coefficient (Wildman–Crippen LogP) is 4.03. The number of halogens is 2. The van der Waals surface area contributed by atoms with Crippen molar-refractivity contribution in [3.63, 3.8) is 0 Å². The van der Waals surface area contributed by atoms with Crippen LogP contribution in [0.5, 0.6) is 0 Å². The lowest BCUT2D eigenvalue weighted by Crippen LogP contribution is -2.54. The van der Waals surface area contributed by atoms with Crippen LogP contribution in [0, 0.1) is 11.3 Å². The molecule has 8 nitrogen and oxygen atoms in total. The van der Waals surface area contributed by atoms with Crippen LogP contribution in [-0.2, 0) is 9.53 Å². The van der Waals surface area contributed by atoms with Gasteiger partial charge in [-0.2, -0.15) is 0 Å². The number of carbonyl (C=O) groups is 2. The van der Waals surface area contributed by atoms with E-state index in [9.17, 15) is 9.59 Å². The highest BCUT2D eigenvalue weighted by molar-refractivity contribution is 5.95. The molecular weight excluding hydrogens is 489 g/mol. The van der Waals surface area contributed by atoms with Gasteiger partial charge in [0, 0.05) is 56.9 Å². The average molecular weight is 529 g/mol. The Morgan fingerprint density at radius 2 is 1.43 bits per heavy atom. The van der Waals surface area contributed by atoms with Crippen LogP contribution in [0.1, 0.15) is 56.9 Å². The average Bonchev–Trinajstić information content (AvgIpc) is 2.85. The first kappa shape index (κ1) is 29.0. The number of carbonyl (C=O) groups excluding carboxylic acids is 2. The Hall–Kier alpha value is -2.19. The van der Waals surface area contributed by atoms with Crippen LogP contribution in [0.15, 0.2) is 24.3 Å². The van der Waals surface area contributed by atoms with Gasteiger partial charge in [-0.25, -0.2) is 4.79 Å². The molecule has 3 aliphatic rings. The lowest BCUT2D eigenvalue weighted by atomic mass is 9.93. The Labute approximate surface area is 220 Å². The third-order valence-electron chi connectivity index (χ3n) is 7.28. The minimum absolute atomic E-state index is 0. The summed E-state index contributed by atoms with van der Waals surface area (Å²) >= 11 is 0. The van der Waals surface area contributed by atoms with E-state index < -0.39 is 0 Å². The highest BCUT2D eigenvalue weighted by Gasteiger charge is 2.30. The van der Waals surface area contributed by atoms with Crippen LogP contribution in [-0.4, -0.2) is 73.0 Å². The van der Waals surface area contributed by atoms with Gasteiger partial charge >= 0.3 is 12.0 Å². The maximum absolute atomic E-state index is 13.0. The van der Waals surface area contributed by atoms with Crippen LogP contribution in [0.3, 0.4) is 0 Å². The first-order valence-electron chi connectivity index (χ1n) is 12.4. The number of piperidine rings is 1. The number of hydrogen-bond donors (Lipinski definition) is 2. The second kappa shape index (κ2) is 13.8. The van der Waals surface area contributed by atoms with E-state index >= 15 is 0 Å². The SMILES string of the molecule is Cl.Cl.N=C(N)c1ccc(N2CCN(C(=O)N3CCC(CC(=O)OC4CCCCC4)CC3)CC2)cc1. The van der Waals surface area contributed by atoms with E-state index in [-0.39, 0.29) is 48.8 Å². The van der Waals surface area contributed by atoms with Crippen molar-refractivity contribution in [3.8, 4) is 0 Å². The van der Waals surface area contributed by atoms with Crippen molar-refractivity contribution in [2.75, 3.05) is 44.2 Å². The number of likely N-dealkylation sites (tertiary alicyclic amines) is 1. The van der Waals surface area contributed by atoms with E-state index in [1.165, 1.54) is 19.3 Å². The molecule has 4 rings (SSSR count). The van der Waals surface area contributed by atoms with E-state index in [0.29, 0.717) is 38.5 Å². The molecule has 0 atom stereocenters. The molecule has 0 unspecified atom stereocenters. The fourth-order valence-corrected chi connectivity index (χ4v) is 5.19. The topological polar surface area (TPSA) is 103 Å². The maximum atomic E-state index is 13.0. The van der Waals surface area contributed by atoms with Crippen molar-refractivity contribution >= 4 is 48.3 Å². The molecule has 0 bridgehead atoms. The summed E-state index contributed by atoms with van der Waals surface area (Å²) in [4.78, 5) is 31.5. The van der Waals surface area contributed by atoms with E-state index in [0.717, 1.165) is 50.0 Å². The lowest BCUT2D eigenvalue weighted by Gasteiger charge is -2.40. The molecule has 3 fully saturated rings. The number of benzene rings is 1. The Kier molecular flexibility index (Phi) is 11.4. The maximum Gasteiger partial charge on any atom is 0.320 e. The summed E-state index contributed by atoms with van der Waals surface area (Å²) < 4.78 is 5.68. The number of nitrogens with zero attached hydrogens (tertiary/aromatic N) is 3. The number of hydrogen-bond acceptors (Lipinski definition) is 5. The molecule has 1 aliphatic carbocycles. The van der Waals surface area contributed by atoms with Crippen molar-refractivity contribution in [2.24, 2.45) is 11.7 Å². The Morgan fingerprint density at radius 3 is 2.00 bits per heavy atom. The van der Waals surface area contributed by atoms with Crippen molar-refractivity contribution in [2.45, 2.75) is 57.5 Å². The van der Waals surface area contributed by atoms with E-state index in [4.69, 9.17) is 15.9 Å². The molecule has 1 saturated carbocycles. The van der Waals surface area contributed by atoms with Gasteiger partial charge in [-0.05, 0) is 68.7 Å². The van der Waals surface area contributed by atoms with Crippen LogP contribution in [0.25, 0.3) is 0 Å². The molecule has 0 radical (unpaired) electrons. The summed E-state index contributed by atoms with van der Waals surface area (Å²) in [5, 5.41) is 7.51. The minimum atomic E-state index is -0.0564. The number of nitrogen functional groups attached to an aromatic ring is 1. The summed E-state index contributed by atoms with van der Waals surface area (Å²) in [7, 11) is 0. The van der Waals surface area contributed by atoms with Gasteiger partial charge < -0.3 is 25.2 Å². The summed E-state index contributed by atoms with van der Waals surface area (Å²) in [6.07, 6.45) is 7.95. The van der Waals surface area contributed by atoms with E-state index in [1.807, 2.05) is 34.1 Å². The predicted molar refractivity (Wildman–Crippen MR) is 143 cm³/mol. The van der Waals surface area contributed by atoms with Gasteiger partial charge in [0.15, 0.2) is 0 Å². The first-order chi connectivity index (χ1) is 16.0. The Bertz CT molecular complexity index is 832. The zero-order valence-corrected chi connectivity index (χ0v) is 22.0. The molecule has 196 valence electrons. The highest BCUT2D eigenvalue weighted by Crippen LogP contribution is 2.25. The molecule has 0 spiro atoms.